The quantitative estimate of drug-likeness (QED) is 0.821. The number of amides is 1. The highest BCUT2D eigenvalue weighted by atomic mass is 16.5. The summed E-state index contributed by atoms with van der Waals surface area (Å²) in [4.78, 5) is 21.7. The summed E-state index contributed by atoms with van der Waals surface area (Å²) >= 11 is 0. The van der Waals surface area contributed by atoms with E-state index in [1.54, 1.807) is 11.0 Å². The van der Waals surface area contributed by atoms with Gasteiger partial charge in [-0.2, -0.15) is 5.10 Å². The number of carbonyl (C=O) groups excluding carboxylic acids is 1. The standard InChI is InChI=1S/C18H23N5O2/c1-21-8-9-22(12-18(21)6-10-25-11-7-18)17(24)15-4-2-3-5-16(15)23-14-19-13-20-23/h2-5,13-14H,6-12H2,1H3. The van der Waals surface area contributed by atoms with Gasteiger partial charge in [0.2, 0.25) is 0 Å². The Kier molecular flexibility index (Phi) is 4.27. The van der Waals surface area contributed by atoms with Crippen molar-refractivity contribution in [3.63, 3.8) is 0 Å². The molecule has 1 spiro atoms. The Morgan fingerprint density at radius 2 is 2.00 bits per heavy atom. The fourth-order valence-electron chi connectivity index (χ4n) is 3.88. The summed E-state index contributed by atoms with van der Waals surface area (Å²) in [7, 11) is 2.16. The number of aromatic nitrogens is 3. The predicted molar refractivity (Wildman–Crippen MR) is 92.7 cm³/mol. The largest absolute Gasteiger partial charge is 0.381 e. The minimum Gasteiger partial charge on any atom is -0.381 e. The average molecular weight is 341 g/mol. The number of carbonyl (C=O) groups is 1. The molecule has 0 radical (unpaired) electrons. The number of ether oxygens (including phenoxy) is 1. The van der Waals surface area contributed by atoms with Crippen molar-refractivity contribution in [1.82, 2.24) is 24.6 Å². The van der Waals surface area contributed by atoms with Crippen LogP contribution >= 0.6 is 0 Å². The van der Waals surface area contributed by atoms with Gasteiger partial charge in [0, 0.05) is 38.4 Å². The number of hydrogen-bond donors (Lipinski definition) is 0. The Hall–Kier alpha value is -2.25. The zero-order valence-corrected chi connectivity index (χ0v) is 14.5. The summed E-state index contributed by atoms with van der Waals surface area (Å²) in [5.74, 6) is 0.0602. The number of piperazine rings is 1. The summed E-state index contributed by atoms with van der Waals surface area (Å²) < 4.78 is 7.19. The number of hydrogen-bond acceptors (Lipinski definition) is 5. The van der Waals surface area contributed by atoms with E-state index in [1.165, 1.54) is 6.33 Å². The van der Waals surface area contributed by atoms with E-state index >= 15 is 0 Å². The van der Waals surface area contributed by atoms with Crippen molar-refractivity contribution in [3.8, 4) is 5.69 Å². The minimum atomic E-state index is 0.0361. The van der Waals surface area contributed by atoms with Crippen molar-refractivity contribution in [3.05, 3.63) is 42.5 Å². The van der Waals surface area contributed by atoms with E-state index in [2.05, 4.69) is 22.0 Å². The Morgan fingerprint density at radius 1 is 1.20 bits per heavy atom. The Morgan fingerprint density at radius 3 is 2.76 bits per heavy atom. The van der Waals surface area contributed by atoms with E-state index in [-0.39, 0.29) is 11.4 Å². The van der Waals surface area contributed by atoms with Crippen LogP contribution in [0.1, 0.15) is 23.2 Å². The van der Waals surface area contributed by atoms with E-state index in [0.717, 1.165) is 51.4 Å². The molecule has 25 heavy (non-hydrogen) atoms. The highest BCUT2D eigenvalue weighted by Gasteiger charge is 2.42. The molecule has 0 saturated carbocycles. The van der Waals surface area contributed by atoms with Gasteiger partial charge in [0.25, 0.3) is 5.91 Å². The minimum absolute atomic E-state index is 0.0361. The first-order chi connectivity index (χ1) is 12.2. The summed E-state index contributed by atoms with van der Waals surface area (Å²) in [6.45, 7) is 3.90. The van der Waals surface area contributed by atoms with Gasteiger partial charge in [0.15, 0.2) is 0 Å². The van der Waals surface area contributed by atoms with Crippen molar-refractivity contribution in [2.45, 2.75) is 18.4 Å². The summed E-state index contributed by atoms with van der Waals surface area (Å²) in [5, 5.41) is 4.18. The van der Waals surface area contributed by atoms with Crippen LogP contribution in [-0.2, 0) is 4.74 Å². The SMILES string of the molecule is CN1CCN(C(=O)c2ccccc2-n2cncn2)CC12CCOCC2. The monoisotopic (exact) mass is 341 g/mol. The third-order valence-corrected chi connectivity index (χ3v) is 5.51. The van der Waals surface area contributed by atoms with Crippen molar-refractivity contribution in [1.29, 1.82) is 0 Å². The molecule has 2 aromatic rings. The predicted octanol–water partition coefficient (Wildman–Crippen LogP) is 1.20. The molecule has 0 unspecified atom stereocenters. The van der Waals surface area contributed by atoms with Crippen molar-refractivity contribution in [2.75, 3.05) is 39.9 Å². The van der Waals surface area contributed by atoms with Gasteiger partial charge in [-0.25, -0.2) is 9.67 Å². The molecule has 3 heterocycles. The topological polar surface area (TPSA) is 63.5 Å². The van der Waals surface area contributed by atoms with Gasteiger partial charge in [-0.15, -0.1) is 0 Å². The van der Waals surface area contributed by atoms with Crippen LogP contribution in [-0.4, -0.2) is 75.9 Å². The molecule has 7 heteroatoms. The van der Waals surface area contributed by atoms with E-state index in [0.29, 0.717) is 5.56 Å². The number of rotatable bonds is 2. The van der Waals surface area contributed by atoms with Crippen molar-refractivity contribution in [2.24, 2.45) is 0 Å². The smallest absolute Gasteiger partial charge is 0.256 e. The van der Waals surface area contributed by atoms with E-state index in [9.17, 15) is 4.79 Å². The molecule has 4 rings (SSSR count). The Labute approximate surface area is 147 Å². The van der Waals surface area contributed by atoms with Crippen LogP contribution in [0.4, 0.5) is 0 Å². The highest BCUT2D eigenvalue weighted by molar-refractivity contribution is 5.97. The van der Waals surface area contributed by atoms with Gasteiger partial charge in [0.05, 0.1) is 11.3 Å². The normalized spacial score (nSPS) is 20.8. The van der Waals surface area contributed by atoms with E-state index in [1.807, 2.05) is 29.2 Å². The Balaban J connectivity index is 1.61. The van der Waals surface area contributed by atoms with Crippen LogP contribution in [0.25, 0.3) is 5.69 Å². The number of benzene rings is 1. The van der Waals surface area contributed by atoms with Crippen molar-refractivity contribution >= 4 is 5.91 Å². The molecule has 0 aliphatic carbocycles. The van der Waals surface area contributed by atoms with Gasteiger partial charge in [0.1, 0.15) is 12.7 Å². The molecule has 0 bridgehead atoms. The summed E-state index contributed by atoms with van der Waals surface area (Å²) in [5.41, 5.74) is 1.47. The lowest BCUT2D eigenvalue weighted by atomic mass is 9.85. The fraction of sp³-hybridized carbons (Fsp3) is 0.500. The third kappa shape index (κ3) is 2.94. The molecule has 0 N–H and O–H groups in total. The van der Waals surface area contributed by atoms with Crippen LogP contribution in [0, 0.1) is 0 Å². The van der Waals surface area contributed by atoms with Gasteiger partial charge in [-0.3, -0.25) is 9.69 Å². The molecular weight excluding hydrogens is 318 g/mol. The maximum absolute atomic E-state index is 13.3. The fourth-order valence-corrected chi connectivity index (χ4v) is 3.88. The molecule has 1 aromatic heterocycles. The lowest BCUT2D eigenvalue weighted by Crippen LogP contribution is -2.63. The second-order valence-electron chi connectivity index (χ2n) is 6.84. The maximum Gasteiger partial charge on any atom is 0.256 e. The summed E-state index contributed by atoms with van der Waals surface area (Å²) in [6.07, 6.45) is 5.04. The summed E-state index contributed by atoms with van der Waals surface area (Å²) in [6, 6.07) is 7.59. The van der Waals surface area contributed by atoms with Crippen LogP contribution in [0.15, 0.2) is 36.9 Å². The van der Waals surface area contributed by atoms with Gasteiger partial charge >= 0.3 is 0 Å². The molecule has 2 fully saturated rings. The number of nitrogens with zero attached hydrogens (tertiary/aromatic N) is 5. The molecule has 1 amide bonds. The lowest BCUT2D eigenvalue weighted by molar-refractivity contribution is -0.0543. The molecule has 2 aliphatic rings. The van der Waals surface area contributed by atoms with E-state index in [4.69, 9.17) is 4.74 Å². The first-order valence-electron chi connectivity index (χ1n) is 8.72. The zero-order valence-electron chi connectivity index (χ0n) is 14.5. The van der Waals surface area contributed by atoms with Crippen LogP contribution in [0.3, 0.4) is 0 Å². The third-order valence-electron chi connectivity index (χ3n) is 5.51. The first kappa shape index (κ1) is 16.2. The second kappa shape index (κ2) is 6.57. The van der Waals surface area contributed by atoms with E-state index < -0.39 is 0 Å². The Bertz CT molecular complexity index is 740. The van der Waals surface area contributed by atoms with Gasteiger partial charge < -0.3 is 9.64 Å². The molecular formula is C18H23N5O2. The number of para-hydroxylation sites is 1. The van der Waals surface area contributed by atoms with Gasteiger partial charge in [-0.05, 0) is 32.0 Å². The highest BCUT2D eigenvalue weighted by Crippen LogP contribution is 2.31. The first-order valence-corrected chi connectivity index (χ1v) is 8.72. The van der Waals surface area contributed by atoms with Crippen LogP contribution < -0.4 is 0 Å². The van der Waals surface area contributed by atoms with Gasteiger partial charge in [-0.1, -0.05) is 12.1 Å². The zero-order chi connectivity index (χ0) is 17.3. The molecule has 1 aromatic carbocycles. The van der Waals surface area contributed by atoms with Crippen molar-refractivity contribution < 1.29 is 9.53 Å². The molecule has 2 saturated heterocycles. The lowest BCUT2D eigenvalue weighted by Gasteiger charge is -2.51. The average Bonchev–Trinajstić information content (AvgIpc) is 3.19. The second-order valence-corrected chi connectivity index (χ2v) is 6.84. The maximum atomic E-state index is 13.3. The number of likely N-dealkylation sites (N-methyl/N-ethyl adjacent to an activating group) is 1. The van der Waals surface area contributed by atoms with Crippen LogP contribution in [0.2, 0.25) is 0 Å². The molecule has 7 nitrogen and oxygen atoms in total. The van der Waals surface area contributed by atoms with Crippen LogP contribution in [0.5, 0.6) is 0 Å². The molecule has 132 valence electrons. The molecule has 2 aliphatic heterocycles. The molecule has 0 atom stereocenters.